The molecule has 0 aliphatic heterocycles. The highest BCUT2D eigenvalue weighted by Gasteiger charge is 2.07. The van der Waals surface area contributed by atoms with Gasteiger partial charge in [0, 0.05) is 18.4 Å². The van der Waals surface area contributed by atoms with E-state index in [-0.39, 0.29) is 12.8 Å². The molecule has 0 radical (unpaired) electrons. The monoisotopic (exact) mass is 371 g/mol. The molecule has 2 amide bonds. The van der Waals surface area contributed by atoms with Gasteiger partial charge in [0.05, 0.1) is 23.4 Å². The molecular formula is C19H21N3O3S. The van der Waals surface area contributed by atoms with E-state index >= 15 is 0 Å². The summed E-state index contributed by atoms with van der Waals surface area (Å²) in [6, 6.07) is 13.6. The first-order valence-corrected chi connectivity index (χ1v) is 9.06. The summed E-state index contributed by atoms with van der Waals surface area (Å²) in [7, 11) is 1.60. The maximum absolute atomic E-state index is 11.8. The maximum atomic E-state index is 11.8. The van der Waals surface area contributed by atoms with E-state index in [9.17, 15) is 4.79 Å². The van der Waals surface area contributed by atoms with E-state index in [1.807, 2.05) is 30.3 Å². The van der Waals surface area contributed by atoms with Crippen molar-refractivity contribution in [3.63, 3.8) is 0 Å². The lowest BCUT2D eigenvalue weighted by atomic mass is 10.2. The maximum Gasteiger partial charge on any atom is 0.321 e. The average molecular weight is 371 g/mol. The number of methoxy groups -OCH3 is 1. The minimum absolute atomic E-state index is 0.137. The normalized spacial score (nSPS) is 10.8. The number of thiazole rings is 1. The molecule has 0 saturated heterocycles. The molecule has 0 bridgehead atoms. The quantitative estimate of drug-likeness (QED) is 0.486. The lowest BCUT2D eigenvalue weighted by Gasteiger charge is -2.08. The number of hydrogen-bond acceptors (Lipinski definition) is 5. The largest absolute Gasteiger partial charge is 0.382 e. The first kappa shape index (κ1) is 18.3. The molecule has 0 fully saturated rings. The van der Waals surface area contributed by atoms with Crippen molar-refractivity contribution in [3.05, 3.63) is 48.0 Å². The predicted octanol–water partition coefficient (Wildman–Crippen LogP) is 4.01. The molecule has 0 aliphatic rings. The number of nitrogens with one attached hydrogen (secondary N) is 2. The van der Waals surface area contributed by atoms with E-state index in [4.69, 9.17) is 9.47 Å². The summed E-state index contributed by atoms with van der Waals surface area (Å²) in [4.78, 5) is 16.5. The summed E-state index contributed by atoms with van der Waals surface area (Å²) in [5.41, 5.74) is 3.97. The molecule has 0 spiro atoms. The lowest BCUT2D eigenvalue weighted by molar-refractivity contribution is 0.0650. The fourth-order valence-electron chi connectivity index (χ4n) is 2.36. The number of carbonyl (C=O) groups is 1. The van der Waals surface area contributed by atoms with Crippen LogP contribution in [0.1, 0.15) is 5.56 Å². The van der Waals surface area contributed by atoms with Crippen LogP contribution < -0.4 is 10.6 Å². The smallest absolute Gasteiger partial charge is 0.321 e. The Morgan fingerprint density at radius 2 is 1.96 bits per heavy atom. The molecule has 0 unspecified atom stereocenters. The van der Waals surface area contributed by atoms with Gasteiger partial charge in [0.15, 0.2) is 0 Å². The summed E-state index contributed by atoms with van der Waals surface area (Å²) in [6.45, 7) is 3.15. The van der Waals surface area contributed by atoms with Gasteiger partial charge in [-0.1, -0.05) is 6.07 Å². The average Bonchev–Trinajstić information content (AvgIpc) is 3.05. The molecular weight excluding hydrogens is 350 g/mol. The Morgan fingerprint density at radius 1 is 1.15 bits per heavy atom. The molecule has 6 nitrogen and oxygen atoms in total. The number of ether oxygens (including phenoxy) is 2. The number of anilines is 1. The number of rotatable bonds is 7. The Morgan fingerprint density at radius 3 is 2.73 bits per heavy atom. The highest BCUT2D eigenvalue weighted by atomic mass is 32.1. The minimum Gasteiger partial charge on any atom is -0.382 e. The van der Waals surface area contributed by atoms with Crippen LogP contribution in [0.15, 0.2) is 42.5 Å². The van der Waals surface area contributed by atoms with Crippen LogP contribution >= 0.6 is 11.3 Å². The first-order chi connectivity index (χ1) is 12.7. The van der Waals surface area contributed by atoms with E-state index in [1.165, 1.54) is 10.3 Å². The number of urea groups is 1. The van der Waals surface area contributed by atoms with E-state index in [1.54, 1.807) is 18.4 Å². The number of aryl methyl sites for hydroxylation is 1. The van der Waals surface area contributed by atoms with Gasteiger partial charge in [0.25, 0.3) is 0 Å². The Balaban J connectivity index is 1.58. The van der Waals surface area contributed by atoms with Gasteiger partial charge in [-0.15, -0.1) is 11.3 Å². The van der Waals surface area contributed by atoms with Crippen LogP contribution in [0.25, 0.3) is 20.8 Å². The van der Waals surface area contributed by atoms with Crippen molar-refractivity contribution in [2.75, 3.05) is 32.4 Å². The number of fused-ring (bicyclic) bond motifs is 1. The summed E-state index contributed by atoms with van der Waals surface area (Å²) in [6.07, 6.45) is 0. The van der Waals surface area contributed by atoms with Crippen molar-refractivity contribution in [2.45, 2.75) is 6.92 Å². The van der Waals surface area contributed by atoms with Crippen molar-refractivity contribution in [1.82, 2.24) is 10.3 Å². The van der Waals surface area contributed by atoms with Gasteiger partial charge in [-0.3, -0.25) is 0 Å². The molecule has 26 heavy (non-hydrogen) atoms. The van der Waals surface area contributed by atoms with Crippen LogP contribution in [0.2, 0.25) is 0 Å². The molecule has 0 aliphatic carbocycles. The Bertz CT molecular complexity index is 877. The van der Waals surface area contributed by atoms with Gasteiger partial charge in [0.2, 0.25) is 0 Å². The summed E-state index contributed by atoms with van der Waals surface area (Å²) < 4.78 is 11.2. The molecule has 0 saturated carbocycles. The third-order valence-corrected chi connectivity index (χ3v) is 4.77. The van der Waals surface area contributed by atoms with Crippen molar-refractivity contribution < 1.29 is 14.3 Å². The van der Waals surface area contributed by atoms with Crippen molar-refractivity contribution in [3.8, 4) is 10.6 Å². The van der Waals surface area contributed by atoms with E-state index < -0.39 is 0 Å². The highest BCUT2D eigenvalue weighted by Crippen LogP contribution is 2.31. The zero-order chi connectivity index (χ0) is 18.4. The molecule has 1 aromatic heterocycles. The summed E-state index contributed by atoms with van der Waals surface area (Å²) >= 11 is 1.66. The molecule has 1 heterocycles. The van der Waals surface area contributed by atoms with Crippen LogP contribution in [-0.2, 0) is 9.47 Å². The Kier molecular flexibility index (Phi) is 6.17. The van der Waals surface area contributed by atoms with Crippen LogP contribution in [0.5, 0.6) is 0 Å². The second kappa shape index (κ2) is 8.75. The molecule has 2 N–H and O–H groups in total. The van der Waals surface area contributed by atoms with E-state index in [2.05, 4.69) is 34.7 Å². The third kappa shape index (κ3) is 4.78. The number of nitrogens with zero attached hydrogens (tertiary/aromatic N) is 1. The molecule has 7 heteroatoms. The second-order valence-electron chi connectivity index (χ2n) is 5.74. The van der Waals surface area contributed by atoms with E-state index in [0.717, 1.165) is 16.1 Å². The third-order valence-electron chi connectivity index (χ3n) is 3.70. The Labute approximate surface area is 156 Å². The van der Waals surface area contributed by atoms with Gasteiger partial charge in [0.1, 0.15) is 11.7 Å². The fourth-order valence-corrected chi connectivity index (χ4v) is 3.43. The van der Waals surface area contributed by atoms with Crippen LogP contribution in [0.4, 0.5) is 10.5 Å². The minimum atomic E-state index is -0.314. The summed E-state index contributed by atoms with van der Waals surface area (Å²) in [5.74, 6) is 0. The van der Waals surface area contributed by atoms with Crippen molar-refractivity contribution in [1.29, 1.82) is 0 Å². The number of aromatic nitrogens is 1. The SMILES string of the molecule is COCCOCNC(=O)Nc1ccc(-c2nc3ccc(C)cc3s2)cc1. The van der Waals surface area contributed by atoms with Crippen molar-refractivity contribution in [2.24, 2.45) is 0 Å². The number of benzene rings is 2. The molecule has 3 aromatic rings. The second-order valence-corrected chi connectivity index (χ2v) is 6.77. The zero-order valence-corrected chi connectivity index (χ0v) is 15.6. The molecule has 0 atom stereocenters. The number of carbonyl (C=O) groups excluding carboxylic acids is 1. The molecule has 3 rings (SSSR count). The van der Waals surface area contributed by atoms with Crippen LogP contribution in [-0.4, -0.2) is 38.1 Å². The Hall–Kier alpha value is -2.48. The lowest BCUT2D eigenvalue weighted by Crippen LogP contribution is -2.31. The van der Waals surface area contributed by atoms with Gasteiger partial charge in [-0.05, 0) is 48.9 Å². The number of amides is 2. The summed E-state index contributed by atoms with van der Waals surface area (Å²) in [5, 5.41) is 6.35. The molecule has 136 valence electrons. The molecule has 2 aromatic carbocycles. The number of hydrogen-bond donors (Lipinski definition) is 2. The van der Waals surface area contributed by atoms with Crippen LogP contribution in [0, 0.1) is 6.92 Å². The van der Waals surface area contributed by atoms with Gasteiger partial charge >= 0.3 is 6.03 Å². The first-order valence-electron chi connectivity index (χ1n) is 8.25. The standard InChI is InChI=1S/C19H21N3O3S/c1-13-3-8-16-17(11-13)26-18(22-16)14-4-6-15(7-5-14)21-19(23)20-12-25-10-9-24-2/h3-8,11H,9-10,12H2,1-2H3,(H2,20,21,23). The van der Waals surface area contributed by atoms with Crippen molar-refractivity contribution >= 4 is 33.3 Å². The predicted molar refractivity (Wildman–Crippen MR) is 105 cm³/mol. The zero-order valence-electron chi connectivity index (χ0n) is 14.7. The fraction of sp³-hybridized carbons (Fsp3) is 0.263. The van der Waals surface area contributed by atoms with Crippen LogP contribution in [0.3, 0.4) is 0 Å². The topological polar surface area (TPSA) is 72.5 Å². The van der Waals surface area contributed by atoms with E-state index in [0.29, 0.717) is 18.9 Å². The highest BCUT2D eigenvalue weighted by molar-refractivity contribution is 7.21. The van der Waals surface area contributed by atoms with Gasteiger partial charge in [-0.25, -0.2) is 9.78 Å². The van der Waals surface area contributed by atoms with Gasteiger partial charge in [-0.2, -0.15) is 0 Å². The van der Waals surface area contributed by atoms with Gasteiger partial charge < -0.3 is 20.1 Å².